The number of hydrogen-bond donors (Lipinski definition) is 2. The summed E-state index contributed by atoms with van der Waals surface area (Å²) in [6, 6.07) is -0.424. The SMILES string of the molecule is C=C(C)OC(=O)CCN[C@@H](CSSCC)C(N)=O. The molecule has 18 heavy (non-hydrogen) atoms. The molecule has 0 radical (unpaired) electrons. The number of rotatable bonds is 10. The molecule has 0 fully saturated rings. The number of allylic oxidation sites excluding steroid dienone is 1. The van der Waals surface area contributed by atoms with Crippen LogP contribution in [-0.2, 0) is 14.3 Å². The Morgan fingerprint density at radius 2 is 2.11 bits per heavy atom. The third kappa shape index (κ3) is 9.38. The lowest BCUT2D eigenvalue weighted by molar-refractivity contribution is -0.139. The number of amides is 1. The first-order valence-electron chi connectivity index (χ1n) is 5.60. The van der Waals surface area contributed by atoms with E-state index in [9.17, 15) is 9.59 Å². The Labute approximate surface area is 116 Å². The van der Waals surface area contributed by atoms with Crippen LogP contribution >= 0.6 is 21.6 Å². The molecular formula is C11H20N2O3S2. The van der Waals surface area contributed by atoms with Gasteiger partial charge in [0.2, 0.25) is 5.91 Å². The van der Waals surface area contributed by atoms with E-state index in [0.717, 1.165) is 5.75 Å². The molecule has 7 heteroatoms. The van der Waals surface area contributed by atoms with Gasteiger partial charge in [-0.25, -0.2) is 0 Å². The molecule has 0 heterocycles. The molecule has 1 atom stereocenters. The first-order chi connectivity index (χ1) is 8.47. The topological polar surface area (TPSA) is 81.4 Å². The van der Waals surface area contributed by atoms with Gasteiger partial charge in [0.05, 0.1) is 18.2 Å². The maximum absolute atomic E-state index is 11.2. The highest BCUT2D eigenvalue weighted by molar-refractivity contribution is 8.76. The lowest BCUT2D eigenvalue weighted by atomic mass is 10.3. The van der Waals surface area contributed by atoms with Crippen LogP contribution in [-0.4, -0.2) is 36.0 Å². The standard InChI is InChI=1S/C11H20N2O3S2/c1-4-17-18-7-9(11(12)15)13-6-5-10(14)16-8(2)3/h9,13H,2,4-7H2,1,3H3,(H2,12,15)/t9-/m0/s1. The molecule has 104 valence electrons. The number of ether oxygens (including phenoxy) is 1. The minimum absolute atomic E-state index is 0.183. The third-order valence-corrected chi connectivity index (χ3v) is 4.27. The fourth-order valence-electron chi connectivity index (χ4n) is 1.03. The molecule has 1 amide bonds. The van der Waals surface area contributed by atoms with E-state index >= 15 is 0 Å². The molecule has 0 aromatic heterocycles. The second kappa shape index (κ2) is 10.3. The molecular weight excluding hydrogens is 272 g/mol. The Kier molecular flexibility index (Phi) is 9.90. The summed E-state index contributed by atoms with van der Waals surface area (Å²) in [6.45, 7) is 7.48. The van der Waals surface area contributed by atoms with E-state index in [-0.39, 0.29) is 12.4 Å². The quantitative estimate of drug-likeness (QED) is 0.273. The highest BCUT2D eigenvalue weighted by Gasteiger charge is 2.15. The summed E-state index contributed by atoms with van der Waals surface area (Å²) in [6.07, 6.45) is 0.183. The first kappa shape index (κ1) is 17.3. The number of primary amides is 1. The van der Waals surface area contributed by atoms with Crippen LogP contribution in [0.2, 0.25) is 0 Å². The van der Waals surface area contributed by atoms with Gasteiger partial charge in [0.25, 0.3) is 0 Å². The fraction of sp³-hybridized carbons (Fsp3) is 0.636. The van der Waals surface area contributed by atoms with Crippen molar-refractivity contribution in [2.24, 2.45) is 5.73 Å². The van der Waals surface area contributed by atoms with Crippen LogP contribution in [0.5, 0.6) is 0 Å². The van der Waals surface area contributed by atoms with Gasteiger partial charge in [0, 0.05) is 18.1 Å². The van der Waals surface area contributed by atoms with Crippen molar-refractivity contribution in [3.63, 3.8) is 0 Å². The molecule has 0 aromatic carbocycles. The Hall–Kier alpha value is -0.660. The van der Waals surface area contributed by atoms with Crippen molar-refractivity contribution in [1.29, 1.82) is 0 Å². The Bertz CT molecular complexity index is 298. The number of carbonyl (C=O) groups is 2. The zero-order valence-electron chi connectivity index (χ0n) is 10.7. The zero-order chi connectivity index (χ0) is 14.0. The number of esters is 1. The van der Waals surface area contributed by atoms with Crippen molar-refractivity contribution in [3.05, 3.63) is 12.3 Å². The van der Waals surface area contributed by atoms with E-state index in [2.05, 4.69) is 11.9 Å². The molecule has 0 saturated carbocycles. The van der Waals surface area contributed by atoms with Crippen LogP contribution in [0.15, 0.2) is 12.3 Å². The highest BCUT2D eigenvalue weighted by atomic mass is 33.1. The first-order valence-corrected chi connectivity index (χ1v) is 8.09. The molecule has 0 bridgehead atoms. The second-order valence-corrected chi connectivity index (χ2v) is 6.32. The molecule has 0 unspecified atom stereocenters. The zero-order valence-corrected chi connectivity index (χ0v) is 12.4. The predicted molar refractivity (Wildman–Crippen MR) is 77.1 cm³/mol. The van der Waals surface area contributed by atoms with E-state index < -0.39 is 11.9 Å². The summed E-state index contributed by atoms with van der Waals surface area (Å²) in [5, 5.41) is 2.94. The average Bonchev–Trinajstić information content (AvgIpc) is 2.25. The largest absolute Gasteiger partial charge is 0.432 e. The number of carbonyl (C=O) groups excluding carboxylic acids is 2. The summed E-state index contributed by atoms with van der Waals surface area (Å²) in [7, 11) is 3.25. The molecule has 0 aromatic rings. The van der Waals surface area contributed by atoms with Crippen LogP contribution in [0.1, 0.15) is 20.3 Å². The van der Waals surface area contributed by atoms with Crippen LogP contribution in [0.4, 0.5) is 0 Å². The number of nitrogens with two attached hydrogens (primary N) is 1. The van der Waals surface area contributed by atoms with Gasteiger partial charge in [-0.15, -0.1) is 0 Å². The van der Waals surface area contributed by atoms with E-state index in [1.54, 1.807) is 28.5 Å². The van der Waals surface area contributed by atoms with E-state index in [1.165, 1.54) is 0 Å². The summed E-state index contributed by atoms with van der Waals surface area (Å²) in [5.41, 5.74) is 5.26. The Morgan fingerprint density at radius 3 is 2.61 bits per heavy atom. The lowest BCUT2D eigenvalue weighted by Gasteiger charge is -2.14. The van der Waals surface area contributed by atoms with Gasteiger partial charge in [0.15, 0.2) is 0 Å². The van der Waals surface area contributed by atoms with Gasteiger partial charge in [0.1, 0.15) is 0 Å². The van der Waals surface area contributed by atoms with Crippen molar-refractivity contribution in [3.8, 4) is 0 Å². The molecule has 0 rings (SSSR count). The van der Waals surface area contributed by atoms with Crippen molar-refractivity contribution in [2.75, 3.05) is 18.1 Å². The smallest absolute Gasteiger partial charge is 0.312 e. The van der Waals surface area contributed by atoms with Crippen molar-refractivity contribution in [2.45, 2.75) is 26.3 Å². The van der Waals surface area contributed by atoms with Gasteiger partial charge in [-0.05, 0) is 6.92 Å². The van der Waals surface area contributed by atoms with Crippen molar-refractivity contribution in [1.82, 2.24) is 5.32 Å². The monoisotopic (exact) mass is 292 g/mol. The Balaban J connectivity index is 3.86. The van der Waals surface area contributed by atoms with Crippen molar-refractivity contribution < 1.29 is 14.3 Å². The van der Waals surface area contributed by atoms with E-state index in [1.807, 2.05) is 6.92 Å². The highest BCUT2D eigenvalue weighted by Crippen LogP contribution is 2.20. The Morgan fingerprint density at radius 1 is 1.44 bits per heavy atom. The van der Waals surface area contributed by atoms with Crippen molar-refractivity contribution >= 4 is 33.5 Å². The summed E-state index contributed by atoms with van der Waals surface area (Å²) >= 11 is 0. The number of nitrogens with one attached hydrogen (secondary N) is 1. The molecule has 0 aliphatic rings. The van der Waals surface area contributed by atoms with Gasteiger partial charge in [-0.3, -0.25) is 9.59 Å². The molecule has 0 spiro atoms. The summed E-state index contributed by atoms with van der Waals surface area (Å²) in [5.74, 6) is 1.15. The molecule has 3 N–H and O–H groups in total. The maximum Gasteiger partial charge on any atom is 0.312 e. The second-order valence-electron chi connectivity index (χ2n) is 3.53. The molecule has 0 aliphatic carbocycles. The van der Waals surface area contributed by atoms with Crippen LogP contribution in [0.25, 0.3) is 0 Å². The minimum atomic E-state index is -0.424. The summed E-state index contributed by atoms with van der Waals surface area (Å²) < 4.78 is 4.79. The minimum Gasteiger partial charge on any atom is -0.432 e. The molecule has 5 nitrogen and oxygen atoms in total. The van der Waals surface area contributed by atoms with Gasteiger partial charge in [-0.1, -0.05) is 35.1 Å². The maximum atomic E-state index is 11.2. The molecule has 0 saturated heterocycles. The van der Waals surface area contributed by atoms with Gasteiger partial charge in [-0.2, -0.15) is 0 Å². The summed E-state index contributed by atoms with van der Waals surface area (Å²) in [4.78, 5) is 22.4. The fourth-order valence-corrected chi connectivity index (χ4v) is 2.91. The number of hydrogen-bond acceptors (Lipinski definition) is 6. The van der Waals surface area contributed by atoms with E-state index in [0.29, 0.717) is 18.1 Å². The molecule has 0 aliphatic heterocycles. The normalized spacial score (nSPS) is 11.9. The van der Waals surface area contributed by atoms with E-state index in [4.69, 9.17) is 10.5 Å². The van der Waals surface area contributed by atoms with Crippen LogP contribution in [0.3, 0.4) is 0 Å². The van der Waals surface area contributed by atoms with Gasteiger partial charge >= 0.3 is 5.97 Å². The predicted octanol–water partition coefficient (Wildman–Crippen LogP) is 1.30. The lowest BCUT2D eigenvalue weighted by Crippen LogP contribution is -2.43. The van der Waals surface area contributed by atoms with Gasteiger partial charge < -0.3 is 15.8 Å². The van der Waals surface area contributed by atoms with Crippen LogP contribution in [0, 0.1) is 0 Å². The third-order valence-electron chi connectivity index (χ3n) is 1.79. The van der Waals surface area contributed by atoms with Crippen LogP contribution < -0.4 is 11.1 Å². The average molecular weight is 292 g/mol.